The zero-order chi connectivity index (χ0) is 24.2. The molecule has 9 nitrogen and oxygen atoms in total. The van der Waals surface area contributed by atoms with Crippen LogP contribution in [0.5, 0.6) is 11.5 Å². The van der Waals surface area contributed by atoms with Crippen LogP contribution in [0.2, 0.25) is 0 Å². The Morgan fingerprint density at radius 3 is 2.43 bits per heavy atom. The number of hydrogen-bond acceptors (Lipinski definition) is 7. The number of rotatable bonds is 6. The summed E-state index contributed by atoms with van der Waals surface area (Å²) in [6.07, 6.45) is 5.75. The van der Waals surface area contributed by atoms with Gasteiger partial charge < -0.3 is 29.5 Å². The van der Waals surface area contributed by atoms with Crippen molar-refractivity contribution in [2.24, 2.45) is 23.2 Å². The average Bonchev–Trinajstić information content (AvgIpc) is 3.45. The summed E-state index contributed by atoms with van der Waals surface area (Å²) in [5.74, 6) is 2.06. The Labute approximate surface area is 204 Å². The van der Waals surface area contributed by atoms with Crippen LogP contribution < -0.4 is 14.8 Å². The van der Waals surface area contributed by atoms with Gasteiger partial charge in [0.05, 0.1) is 11.5 Å². The predicted molar refractivity (Wildman–Crippen MR) is 122 cm³/mol. The van der Waals surface area contributed by atoms with E-state index in [1.54, 1.807) is 17.0 Å². The third-order valence-corrected chi connectivity index (χ3v) is 8.58. The van der Waals surface area contributed by atoms with Crippen LogP contribution in [0, 0.1) is 23.2 Å². The maximum Gasteiger partial charge on any atom is 0.329 e. The number of benzene rings is 1. The number of likely N-dealkylation sites (tertiary alicyclic amines) is 1. The second kappa shape index (κ2) is 8.69. The maximum absolute atomic E-state index is 13.7. The Morgan fingerprint density at radius 1 is 1.03 bits per heavy atom. The molecule has 0 aromatic heterocycles. The monoisotopic (exact) mass is 484 g/mol. The van der Waals surface area contributed by atoms with Gasteiger partial charge >= 0.3 is 5.97 Å². The van der Waals surface area contributed by atoms with Gasteiger partial charge in [0.1, 0.15) is 6.04 Å². The van der Waals surface area contributed by atoms with Crippen molar-refractivity contribution >= 4 is 17.8 Å². The third kappa shape index (κ3) is 4.24. The van der Waals surface area contributed by atoms with Crippen molar-refractivity contribution < 1.29 is 33.7 Å². The minimum Gasteiger partial charge on any atom is -0.454 e. The Hall–Kier alpha value is -2.81. The van der Waals surface area contributed by atoms with Crippen molar-refractivity contribution in [3.8, 4) is 11.5 Å². The molecule has 2 aliphatic heterocycles. The molecule has 5 fully saturated rings. The highest BCUT2D eigenvalue weighted by atomic mass is 16.7. The molecule has 1 saturated heterocycles. The number of esters is 1. The molecule has 1 unspecified atom stereocenters. The Bertz CT molecular complexity index is 1010. The van der Waals surface area contributed by atoms with Crippen LogP contribution in [0.3, 0.4) is 0 Å². The smallest absolute Gasteiger partial charge is 0.329 e. The lowest BCUT2D eigenvalue weighted by Gasteiger charge is -2.56. The molecule has 188 valence electrons. The van der Waals surface area contributed by atoms with Crippen LogP contribution in [0.1, 0.15) is 50.5 Å². The number of fused-ring (bicyclic) bond motifs is 1. The molecular weight excluding hydrogens is 452 g/mol. The molecule has 6 aliphatic rings. The minimum atomic E-state index is -0.841. The predicted octanol–water partition coefficient (Wildman–Crippen LogP) is 1.75. The zero-order valence-electron chi connectivity index (χ0n) is 19.7. The molecular formula is C26H32N2O7. The molecule has 0 radical (unpaired) electrons. The molecule has 4 saturated carbocycles. The molecule has 0 spiro atoms. The van der Waals surface area contributed by atoms with E-state index in [1.165, 1.54) is 19.3 Å². The number of nitrogens with one attached hydrogen (secondary N) is 1. The van der Waals surface area contributed by atoms with Gasteiger partial charge in [0.15, 0.2) is 18.1 Å². The molecule has 2 amide bonds. The van der Waals surface area contributed by atoms with Crippen LogP contribution in [0.25, 0.3) is 0 Å². The summed E-state index contributed by atoms with van der Waals surface area (Å²) >= 11 is 0. The SMILES string of the molecule is O=C(COC(=O)[C@@H]1CC(O)CN1C(=O)C12CC3CC(CC(C3)C1)C2)NCc1ccc2c(c1)OCO2. The summed E-state index contributed by atoms with van der Waals surface area (Å²) < 4.78 is 15.9. The fourth-order valence-corrected chi connectivity index (χ4v) is 7.47. The highest BCUT2D eigenvalue weighted by molar-refractivity contribution is 5.90. The molecule has 9 heteroatoms. The molecule has 2 N–H and O–H groups in total. The van der Waals surface area contributed by atoms with E-state index >= 15 is 0 Å². The standard InChI is InChI=1S/C26H32N2O7/c29-19-7-20(28(12-19)25(32)26-8-16-3-17(9-26)5-18(4-16)10-26)24(31)33-13-23(30)27-11-15-1-2-21-22(6-15)35-14-34-21/h1-2,6,16-20,29H,3-5,7-14H2,(H,27,30)/t16?,17?,18?,19?,20-,26?/m0/s1. The second-order valence-electron chi connectivity index (χ2n) is 11.1. The van der Waals surface area contributed by atoms with Gasteiger partial charge in [-0.25, -0.2) is 4.79 Å². The average molecular weight is 485 g/mol. The summed E-state index contributed by atoms with van der Waals surface area (Å²) in [5.41, 5.74) is 0.444. The summed E-state index contributed by atoms with van der Waals surface area (Å²) in [6.45, 7) is 0.150. The lowest BCUT2D eigenvalue weighted by molar-refractivity contribution is -0.166. The van der Waals surface area contributed by atoms with E-state index in [2.05, 4.69) is 5.32 Å². The zero-order valence-corrected chi connectivity index (χ0v) is 19.7. The minimum absolute atomic E-state index is 0.00218. The fourth-order valence-electron chi connectivity index (χ4n) is 7.47. The first-order valence-electron chi connectivity index (χ1n) is 12.7. The quantitative estimate of drug-likeness (QED) is 0.592. The second-order valence-corrected chi connectivity index (χ2v) is 11.1. The number of hydrogen-bond donors (Lipinski definition) is 2. The summed E-state index contributed by atoms with van der Waals surface area (Å²) in [4.78, 5) is 40.5. The molecule has 1 aromatic rings. The van der Waals surface area contributed by atoms with E-state index in [0.29, 0.717) is 29.3 Å². The van der Waals surface area contributed by atoms with Crippen molar-refractivity contribution in [2.45, 2.75) is 63.6 Å². The molecule has 35 heavy (non-hydrogen) atoms. The normalized spacial score (nSPS) is 34.2. The van der Waals surface area contributed by atoms with Crippen LogP contribution in [0.4, 0.5) is 0 Å². The van der Waals surface area contributed by atoms with Crippen LogP contribution in [-0.4, -0.2) is 59.9 Å². The summed E-state index contributed by atoms with van der Waals surface area (Å²) in [6, 6.07) is 4.56. The number of amides is 2. The number of aliphatic hydroxyl groups excluding tert-OH is 1. The van der Waals surface area contributed by atoms with E-state index < -0.39 is 30.6 Å². The van der Waals surface area contributed by atoms with E-state index in [-0.39, 0.29) is 37.6 Å². The first kappa shape index (κ1) is 22.6. The largest absolute Gasteiger partial charge is 0.454 e. The van der Waals surface area contributed by atoms with E-state index in [1.807, 2.05) is 6.07 Å². The summed E-state index contributed by atoms with van der Waals surface area (Å²) in [5, 5.41) is 13.0. The number of aliphatic hydroxyl groups is 1. The topological polar surface area (TPSA) is 114 Å². The van der Waals surface area contributed by atoms with Crippen LogP contribution in [-0.2, 0) is 25.7 Å². The van der Waals surface area contributed by atoms with Crippen LogP contribution >= 0.6 is 0 Å². The van der Waals surface area contributed by atoms with Gasteiger partial charge in [-0.2, -0.15) is 0 Å². The number of nitrogens with zero attached hydrogens (tertiary/aromatic N) is 1. The van der Waals surface area contributed by atoms with Gasteiger partial charge in [-0.05, 0) is 74.0 Å². The van der Waals surface area contributed by atoms with Crippen molar-refractivity contribution in [3.05, 3.63) is 23.8 Å². The third-order valence-electron chi connectivity index (χ3n) is 8.58. The lowest BCUT2D eigenvalue weighted by atomic mass is 9.49. The molecule has 4 bridgehead atoms. The Kier molecular flexibility index (Phi) is 5.62. The number of ether oxygens (including phenoxy) is 3. The lowest BCUT2D eigenvalue weighted by Crippen LogP contribution is -2.56. The Balaban J connectivity index is 1.04. The van der Waals surface area contributed by atoms with Gasteiger partial charge in [0, 0.05) is 19.5 Å². The van der Waals surface area contributed by atoms with Crippen molar-refractivity contribution in [2.75, 3.05) is 19.9 Å². The molecule has 1 aromatic carbocycles. The van der Waals surface area contributed by atoms with Gasteiger partial charge in [-0.1, -0.05) is 6.07 Å². The number of β-amino-alcohol motifs (C(OH)–C–C–N with tert-alkyl or cyclic N) is 1. The molecule has 4 aliphatic carbocycles. The fraction of sp³-hybridized carbons (Fsp3) is 0.654. The van der Waals surface area contributed by atoms with Crippen molar-refractivity contribution in [1.29, 1.82) is 0 Å². The molecule has 7 rings (SSSR count). The highest BCUT2D eigenvalue weighted by Crippen LogP contribution is 2.60. The first-order chi connectivity index (χ1) is 16.9. The van der Waals surface area contributed by atoms with E-state index in [4.69, 9.17) is 14.2 Å². The van der Waals surface area contributed by atoms with E-state index in [9.17, 15) is 19.5 Å². The highest BCUT2D eigenvalue weighted by Gasteiger charge is 2.57. The van der Waals surface area contributed by atoms with Crippen LogP contribution in [0.15, 0.2) is 18.2 Å². The van der Waals surface area contributed by atoms with E-state index in [0.717, 1.165) is 24.8 Å². The van der Waals surface area contributed by atoms with Gasteiger partial charge in [0.2, 0.25) is 12.7 Å². The van der Waals surface area contributed by atoms with Crippen molar-refractivity contribution in [3.63, 3.8) is 0 Å². The molecule has 2 atom stereocenters. The molecule has 2 heterocycles. The maximum atomic E-state index is 13.7. The van der Waals surface area contributed by atoms with Gasteiger partial charge in [-0.15, -0.1) is 0 Å². The van der Waals surface area contributed by atoms with Gasteiger partial charge in [-0.3, -0.25) is 9.59 Å². The number of carbonyl (C=O) groups is 3. The van der Waals surface area contributed by atoms with Gasteiger partial charge in [0.25, 0.3) is 5.91 Å². The Morgan fingerprint density at radius 2 is 1.71 bits per heavy atom. The first-order valence-corrected chi connectivity index (χ1v) is 12.7. The van der Waals surface area contributed by atoms with Crippen molar-refractivity contribution in [1.82, 2.24) is 10.2 Å². The number of carbonyl (C=O) groups excluding carboxylic acids is 3. The summed E-state index contributed by atoms with van der Waals surface area (Å²) in [7, 11) is 0.